The minimum Gasteiger partial charge on any atom is -0.480 e. The van der Waals surface area contributed by atoms with Gasteiger partial charge in [0.1, 0.15) is 24.0 Å². The molecular weight excluding hydrogens is 583 g/mol. The van der Waals surface area contributed by atoms with Crippen LogP contribution in [0.15, 0.2) is 30.9 Å². The number of ether oxygens (including phenoxy) is 1. The summed E-state index contributed by atoms with van der Waals surface area (Å²) in [6.07, 6.45) is 4.13. The lowest BCUT2D eigenvalue weighted by molar-refractivity contribution is -0.147. The van der Waals surface area contributed by atoms with E-state index in [1.807, 2.05) is 20.8 Å². The number of aliphatic carboxylic acids is 1. The number of fused-ring (bicyclic) bond motifs is 1. The summed E-state index contributed by atoms with van der Waals surface area (Å²) >= 11 is 0. The van der Waals surface area contributed by atoms with Crippen LogP contribution in [0.4, 0.5) is 9.18 Å². The van der Waals surface area contributed by atoms with Gasteiger partial charge in [0.05, 0.1) is 13.1 Å². The normalized spacial score (nSPS) is 21.4. The van der Waals surface area contributed by atoms with Crippen LogP contribution in [0.2, 0.25) is 0 Å². The summed E-state index contributed by atoms with van der Waals surface area (Å²) in [7, 11) is 0. The van der Waals surface area contributed by atoms with Crippen LogP contribution in [0.3, 0.4) is 0 Å². The number of nitrogens with one attached hydrogen (secondary N) is 2. The minimum absolute atomic E-state index is 0.0239. The first kappa shape index (κ1) is 33.9. The van der Waals surface area contributed by atoms with Gasteiger partial charge in [-0.3, -0.25) is 19.3 Å². The third-order valence-corrected chi connectivity index (χ3v) is 8.77. The lowest BCUT2D eigenvalue weighted by atomic mass is 9.77. The molecule has 4 atom stereocenters. The van der Waals surface area contributed by atoms with Gasteiger partial charge in [-0.25, -0.2) is 14.0 Å². The second kappa shape index (κ2) is 14.4. The molecule has 246 valence electrons. The molecule has 45 heavy (non-hydrogen) atoms. The Balaban J connectivity index is 1.56. The highest BCUT2D eigenvalue weighted by Crippen LogP contribution is 2.36. The third-order valence-electron chi connectivity index (χ3n) is 8.77. The van der Waals surface area contributed by atoms with Crippen LogP contribution in [-0.2, 0) is 37.0 Å². The van der Waals surface area contributed by atoms with Crippen LogP contribution in [0.1, 0.15) is 83.3 Å². The summed E-state index contributed by atoms with van der Waals surface area (Å²) in [6, 6.07) is 2.28. The highest BCUT2D eigenvalue weighted by Gasteiger charge is 2.46. The Kier molecular flexibility index (Phi) is 10.9. The van der Waals surface area contributed by atoms with Crippen LogP contribution in [0.25, 0.3) is 0 Å². The molecule has 1 saturated heterocycles. The van der Waals surface area contributed by atoms with E-state index in [2.05, 4.69) is 17.2 Å². The molecule has 2 fully saturated rings. The van der Waals surface area contributed by atoms with Gasteiger partial charge in [0.2, 0.25) is 17.7 Å². The maximum absolute atomic E-state index is 14.3. The van der Waals surface area contributed by atoms with Gasteiger partial charge in [-0.15, -0.1) is 6.58 Å². The molecular formula is C33H45FN4O7. The van der Waals surface area contributed by atoms with E-state index in [1.54, 1.807) is 12.1 Å². The number of hydrogen-bond acceptors (Lipinski definition) is 6. The number of carboxylic acid groups (broad SMARTS) is 1. The molecule has 1 aliphatic carbocycles. The minimum atomic E-state index is -1.25. The van der Waals surface area contributed by atoms with E-state index in [-0.39, 0.29) is 50.7 Å². The van der Waals surface area contributed by atoms with Crippen molar-refractivity contribution in [2.45, 2.75) is 109 Å². The molecule has 1 saturated carbocycles. The van der Waals surface area contributed by atoms with Crippen molar-refractivity contribution in [3.63, 3.8) is 0 Å². The fourth-order valence-corrected chi connectivity index (χ4v) is 6.63. The van der Waals surface area contributed by atoms with Gasteiger partial charge >= 0.3 is 12.1 Å². The number of hydrogen-bond donors (Lipinski definition) is 3. The molecule has 3 aliphatic rings. The standard InChI is InChI=1S/C33H45FN4O7/c1-5-10-26(31(42)43)35-29(40)27-15-22(45-32(44)37-17-21-13-9-14-25(34)24(21)19-37)18-38(27)30(41)23(20-11-7-6-8-12-20)16-28(39)36-33(2,3)4/h5,9,13-14,20,22-23,26-27H,1,6-8,10-12,15-19H2,2-4H3,(H,35,40)(H,36,39)(H,42,43). The molecule has 11 nitrogen and oxygen atoms in total. The maximum atomic E-state index is 14.3. The highest BCUT2D eigenvalue weighted by atomic mass is 19.1. The molecule has 0 bridgehead atoms. The molecule has 2 heterocycles. The molecule has 1 aromatic rings. The Morgan fingerprint density at radius 3 is 2.47 bits per heavy atom. The number of halogens is 1. The number of carbonyl (C=O) groups excluding carboxylic acids is 4. The number of rotatable bonds is 10. The topological polar surface area (TPSA) is 145 Å². The van der Waals surface area contributed by atoms with Crippen molar-refractivity contribution < 1.29 is 38.2 Å². The second-order valence-corrected chi connectivity index (χ2v) is 13.4. The molecule has 1 aromatic carbocycles. The molecule has 3 N–H and O–H groups in total. The first-order chi connectivity index (χ1) is 21.3. The van der Waals surface area contributed by atoms with Crippen molar-refractivity contribution in [1.82, 2.24) is 20.4 Å². The largest absolute Gasteiger partial charge is 0.480 e. The van der Waals surface area contributed by atoms with Crippen molar-refractivity contribution in [3.05, 3.63) is 47.8 Å². The van der Waals surface area contributed by atoms with Crippen molar-refractivity contribution in [3.8, 4) is 0 Å². The number of amides is 4. The van der Waals surface area contributed by atoms with Gasteiger partial charge in [0, 0.05) is 36.4 Å². The average Bonchev–Trinajstić information content (AvgIpc) is 3.60. The van der Waals surface area contributed by atoms with E-state index in [0.717, 1.165) is 32.1 Å². The van der Waals surface area contributed by atoms with E-state index in [1.165, 1.54) is 21.9 Å². The number of carbonyl (C=O) groups is 5. The Morgan fingerprint density at radius 2 is 1.84 bits per heavy atom. The molecule has 0 aromatic heterocycles. The van der Waals surface area contributed by atoms with Gasteiger partial charge in [0.15, 0.2) is 0 Å². The van der Waals surface area contributed by atoms with E-state index in [4.69, 9.17) is 4.74 Å². The van der Waals surface area contributed by atoms with Gasteiger partial charge in [-0.1, -0.05) is 37.5 Å². The first-order valence-corrected chi connectivity index (χ1v) is 15.7. The SMILES string of the molecule is C=CCC(NC(=O)C1CC(OC(=O)N2Cc3cccc(F)c3C2)CN1C(=O)C(CC(=O)NC(C)(C)C)C1CCCCC1)C(=O)O. The van der Waals surface area contributed by atoms with E-state index in [9.17, 15) is 33.5 Å². The Bertz CT molecular complexity index is 1310. The van der Waals surface area contributed by atoms with Crippen LogP contribution in [-0.4, -0.2) is 75.0 Å². The second-order valence-electron chi connectivity index (χ2n) is 13.4. The lowest BCUT2D eigenvalue weighted by Crippen LogP contribution is -2.53. The van der Waals surface area contributed by atoms with E-state index < -0.39 is 59.3 Å². The quantitative estimate of drug-likeness (QED) is 0.333. The van der Waals surface area contributed by atoms with Crippen molar-refractivity contribution in [2.24, 2.45) is 11.8 Å². The molecule has 0 spiro atoms. The molecule has 4 rings (SSSR count). The molecule has 2 aliphatic heterocycles. The van der Waals surface area contributed by atoms with Crippen LogP contribution >= 0.6 is 0 Å². The van der Waals surface area contributed by atoms with Gasteiger partial charge < -0.3 is 25.4 Å². The molecule has 4 unspecified atom stereocenters. The number of benzene rings is 1. The Morgan fingerprint density at radius 1 is 1.13 bits per heavy atom. The fourth-order valence-electron chi connectivity index (χ4n) is 6.63. The average molecular weight is 629 g/mol. The maximum Gasteiger partial charge on any atom is 0.410 e. The van der Waals surface area contributed by atoms with E-state index in [0.29, 0.717) is 11.1 Å². The van der Waals surface area contributed by atoms with Gasteiger partial charge in [-0.2, -0.15) is 0 Å². The fraction of sp³-hybridized carbons (Fsp3) is 0.606. The van der Waals surface area contributed by atoms with Crippen LogP contribution < -0.4 is 10.6 Å². The zero-order valence-corrected chi connectivity index (χ0v) is 26.4. The zero-order chi connectivity index (χ0) is 32.9. The smallest absolute Gasteiger partial charge is 0.410 e. The molecule has 0 radical (unpaired) electrons. The van der Waals surface area contributed by atoms with Crippen molar-refractivity contribution >= 4 is 29.8 Å². The third kappa shape index (κ3) is 8.61. The summed E-state index contributed by atoms with van der Waals surface area (Å²) < 4.78 is 20.1. The van der Waals surface area contributed by atoms with Gasteiger partial charge in [0.25, 0.3) is 0 Å². The Hall–Kier alpha value is -3.96. The molecule has 12 heteroatoms. The predicted octanol–water partition coefficient (Wildman–Crippen LogP) is 3.89. The predicted molar refractivity (Wildman–Crippen MR) is 163 cm³/mol. The van der Waals surface area contributed by atoms with Gasteiger partial charge in [-0.05, 0) is 57.6 Å². The lowest BCUT2D eigenvalue weighted by Gasteiger charge is -2.34. The summed E-state index contributed by atoms with van der Waals surface area (Å²) in [4.78, 5) is 68.6. The number of carboxylic acids is 1. The highest BCUT2D eigenvalue weighted by molar-refractivity contribution is 5.93. The summed E-state index contributed by atoms with van der Waals surface area (Å²) in [5.41, 5.74) is 0.598. The monoisotopic (exact) mass is 628 g/mol. The van der Waals surface area contributed by atoms with Crippen LogP contribution in [0, 0.1) is 17.7 Å². The Labute approximate surface area is 263 Å². The summed E-state index contributed by atoms with van der Waals surface area (Å²) in [6.45, 7) is 9.24. The van der Waals surface area contributed by atoms with Crippen molar-refractivity contribution in [1.29, 1.82) is 0 Å². The van der Waals surface area contributed by atoms with E-state index >= 15 is 0 Å². The van der Waals surface area contributed by atoms with Crippen LogP contribution in [0.5, 0.6) is 0 Å². The summed E-state index contributed by atoms with van der Waals surface area (Å²) in [5.74, 6) is -3.77. The zero-order valence-electron chi connectivity index (χ0n) is 26.4. The number of nitrogens with zero attached hydrogens (tertiary/aromatic N) is 2. The summed E-state index contributed by atoms with van der Waals surface area (Å²) in [5, 5.41) is 15.1. The number of likely N-dealkylation sites (tertiary alicyclic amines) is 1. The molecule has 4 amide bonds. The van der Waals surface area contributed by atoms with Crippen molar-refractivity contribution in [2.75, 3.05) is 6.54 Å². The first-order valence-electron chi connectivity index (χ1n) is 15.7.